The first-order valence-corrected chi connectivity index (χ1v) is 16.9. The van der Waals surface area contributed by atoms with Gasteiger partial charge >= 0.3 is 5.97 Å². The average Bonchev–Trinajstić information content (AvgIpc) is 3.37. The predicted octanol–water partition coefficient (Wildman–Crippen LogP) is 6.72. The molecule has 0 saturated carbocycles. The minimum absolute atomic E-state index is 0.0128. The number of hydrogen-bond acceptors (Lipinski definition) is 8. The van der Waals surface area contributed by atoms with E-state index < -0.39 is 12.0 Å². The molecule has 1 atom stereocenters. The van der Waals surface area contributed by atoms with Crippen LogP contribution in [0.15, 0.2) is 106 Å². The van der Waals surface area contributed by atoms with Gasteiger partial charge in [-0.05, 0) is 92.4 Å². The van der Waals surface area contributed by atoms with Crippen molar-refractivity contribution >= 4 is 34.2 Å². The van der Waals surface area contributed by atoms with E-state index in [1.807, 2.05) is 87.5 Å². The number of carbonyl (C=O) groups excluding carboxylic acids is 1. The molecule has 5 aromatic rings. The molecule has 0 spiro atoms. The van der Waals surface area contributed by atoms with Crippen LogP contribution >= 0.6 is 11.3 Å². The summed E-state index contributed by atoms with van der Waals surface area (Å²) in [5.41, 5.74) is 3.20. The molecule has 6 rings (SSSR count). The summed E-state index contributed by atoms with van der Waals surface area (Å²) in [6.45, 7) is 10.4. The minimum Gasteiger partial charge on any atom is -0.491 e. The summed E-state index contributed by atoms with van der Waals surface area (Å²) >= 11 is 1.27. The van der Waals surface area contributed by atoms with Gasteiger partial charge in [-0.1, -0.05) is 72.0 Å². The normalized spacial score (nSPS) is 14.5. The zero-order valence-corrected chi connectivity index (χ0v) is 28.5. The Balaban J connectivity index is 1.37. The number of nitrogens with zero attached hydrogens (tertiary/aromatic N) is 2. The maximum Gasteiger partial charge on any atom is 0.338 e. The number of ether oxygens (including phenoxy) is 4. The van der Waals surface area contributed by atoms with E-state index in [0.29, 0.717) is 51.1 Å². The van der Waals surface area contributed by atoms with Crippen molar-refractivity contribution in [1.29, 1.82) is 0 Å². The SMILES string of the molecule is CCOC(=O)C1=C(C)N=c2s/c(=C\c3ccc(OCc4cccc5ccccc45)c(OCC)c3)c(=O)n2[C@@H]1c1ccc(OC(C)C)cc1. The second kappa shape index (κ2) is 14.3. The maximum atomic E-state index is 14.1. The largest absolute Gasteiger partial charge is 0.491 e. The molecule has 0 fully saturated rings. The lowest BCUT2D eigenvalue weighted by Crippen LogP contribution is -2.39. The molecule has 4 aromatic carbocycles. The average molecular weight is 663 g/mol. The van der Waals surface area contributed by atoms with Crippen molar-refractivity contribution in [3.63, 3.8) is 0 Å². The Bertz CT molecular complexity index is 2170. The van der Waals surface area contributed by atoms with Crippen LogP contribution in [-0.2, 0) is 16.1 Å². The number of rotatable bonds is 11. The molecule has 0 unspecified atom stereocenters. The standard InChI is InChI=1S/C39H38N2O6S/c1-6-44-33-21-26(15-20-32(33)46-23-29-13-10-12-27-11-8-9-14-31(27)29)22-34-37(42)41-36(28-16-18-30(19-17-28)47-24(3)4)35(38(43)45-7-2)25(5)40-39(41)48-34/h8-22,24,36H,6-7,23H2,1-5H3/b34-22-/t36-/m1/s1. The van der Waals surface area contributed by atoms with Crippen LogP contribution in [0.3, 0.4) is 0 Å². The van der Waals surface area contributed by atoms with Crippen molar-refractivity contribution in [2.45, 2.75) is 53.4 Å². The minimum atomic E-state index is -0.709. The van der Waals surface area contributed by atoms with Gasteiger partial charge in [0.25, 0.3) is 5.56 Å². The van der Waals surface area contributed by atoms with Crippen LogP contribution in [0.5, 0.6) is 17.2 Å². The van der Waals surface area contributed by atoms with E-state index in [0.717, 1.165) is 27.5 Å². The Hall–Kier alpha value is -5.15. The molecule has 8 nitrogen and oxygen atoms in total. The highest BCUT2D eigenvalue weighted by atomic mass is 32.1. The highest BCUT2D eigenvalue weighted by Crippen LogP contribution is 2.33. The number of esters is 1. The van der Waals surface area contributed by atoms with E-state index in [2.05, 4.69) is 24.3 Å². The van der Waals surface area contributed by atoms with Gasteiger partial charge in [0.15, 0.2) is 16.3 Å². The fourth-order valence-electron chi connectivity index (χ4n) is 5.83. The fourth-order valence-corrected chi connectivity index (χ4v) is 6.88. The van der Waals surface area contributed by atoms with Crippen LogP contribution < -0.4 is 29.1 Å². The van der Waals surface area contributed by atoms with Crippen LogP contribution in [0.4, 0.5) is 0 Å². The Morgan fingerprint density at radius 3 is 2.46 bits per heavy atom. The number of aromatic nitrogens is 1. The lowest BCUT2D eigenvalue weighted by Gasteiger charge is -2.25. The van der Waals surface area contributed by atoms with Crippen molar-refractivity contribution in [2.24, 2.45) is 4.99 Å². The van der Waals surface area contributed by atoms with E-state index in [4.69, 9.17) is 23.9 Å². The van der Waals surface area contributed by atoms with Gasteiger partial charge in [0.1, 0.15) is 12.4 Å². The molecule has 2 heterocycles. The van der Waals surface area contributed by atoms with Crippen LogP contribution in [0, 0.1) is 0 Å². The number of allylic oxidation sites excluding steroid dienone is 1. The van der Waals surface area contributed by atoms with Gasteiger partial charge in [-0.2, -0.15) is 0 Å². The van der Waals surface area contributed by atoms with E-state index in [9.17, 15) is 9.59 Å². The van der Waals surface area contributed by atoms with Gasteiger partial charge < -0.3 is 18.9 Å². The molecule has 246 valence electrons. The summed E-state index contributed by atoms with van der Waals surface area (Å²) < 4.78 is 25.6. The highest BCUT2D eigenvalue weighted by Gasteiger charge is 2.33. The van der Waals surface area contributed by atoms with Crippen LogP contribution in [0.25, 0.3) is 16.8 Å². The topological polar surface area (TPSA) is 88.4 Å². The van der Waals surface area contributed by atoms with Gasteiger partial charge in [-0.25, -0.2) is 9.79 Å². The third kappa shape index (κ3) is 6.78. The second-order valence-corrected chi connectivity index (χ2v) is 12.6. The zero-order valence-electron chi connectivity index (χ0n) is 27.7. The molecule has 0 radical (unpaired) electrons. The Labute approximate surface area is 283 Å². The second-order valence-electron chi connectivity index (χ2n) is 11.6. The zero-order chi connectivity index (χ0) is 33.8. The first-order chi connectivity index (χ1) is 23.3. The Morgan fingerprint density at radius 1 is 0.938 bits per heavy atom. The lowest BCUT2D eigenvalue weighted by atomic mass is 9.96. The summed E-state index contributed by atoms with van der Waals surface area (Å²) in [6.07, 6.45) is 1.83. The van der Waals surface area contributed by atoms with E-state index >= 15 is 0 Å². The van der Waals surface area contributed by atoms with Gasteiger partial charge in [0.2, 0.25) is 0 Å². The van der Waals surface area contributed by atoms with Gasteiger partial charge in [-0.15, -0.1) is 0 Å². The van der Waals surface area contributed by atoms with Gasteiger partial charge in [-0.3, -0.25) is 9.36 Å². The molecule has 0 bridgehead atoms. The summed E-state index contributed by atoms with van der Waals surface area (Å²) in [4.78, 5) is 32.6. The summed E-state index contributed by atoms with van der Waals surface area (Å²) in [5, 5.41) is 2.30. The fraction of sp³-hybridized carbons (Fsp3) is 0.256. The first-order valence-electron chi connectivity index (χ1n) is 16.1. The quantitative estimate of drug-likeness (QED) is 0.146. The molecule has 0 amide bonds. The predicted molar refractivity (Wildman–Crippen MR) is 188 cm³/mol. The summed E-state index contributed by atoms with van der Waals surface area (Å²) in [5.74, 6) is 1.40. The number of thiazole rings is 1. The highest BCUT2D eigenvalue weighted by molar-refractivity contribution is 7.07. The molecule has 1 aliphatic heterocycles. The molecule has 9 heteroatoms. The first kappa shape index (κ1) is 32.8. The number of hydrogen-bond donors (Lipinski definition) is 0. The van der Waals surface area contributed by atoms with Gasteiger partial charge in [0.05, 0.1) is 41.2 Å². The maximum absolute atomic E-state index is 14.1. The summed E-state index contributed by atoms with van der Waals surface area (Å²) in [6, 6.07) is 26.8. The van der Waals surface area contributed by atoms with E-state index in [1.54, 1.807) is 18.4 Å². The molecular formula is C39H38N2O6S. The smallest absolute Gasteiger partial charge is 0.338 e. The van der Waals surface area contributed by atoms with Crippen molar-refractivity contribution < 1.29 is 23.7 Å². The number of benzene rings is 4. The third-order valence-corrected chi connectivity index (χ3v) is 8.90. The van der Waals surface area contributed by atoms with Crippen LogP contribution in [-0.4, -0.2) is 29.9 Å². The van der Waals surface area contributed by atoms with Crippen LogP contribution in [0.2, 0.25) is 0 Å². The van der Waals surface area contributed by atoms with Crippen LogP contribution in [0.1, 0.15) is 57.4 Å². The molecule has 1 aliphatic rings. The lowest BCUT2D eigenvalue weighted by molar-refractivity contribution is -0.139. The molecule has 48 heavy (non-hydrogen) atoms. The number of carbonyl (C=O) groups is 1. The third-order valence-electron chi connectivity index (χ3n) is 7.91. The molecule has 0 saturated heterocycles. The van der Waals surface area contributed by atoms with Crippen molar-refractivity contribution in [2.75, 3.05) is 13.2 Å². The summed E-state index contributed by atoms with van der Waals surface area (Å²) in [7, 11) is 0. The molecule has 1 aromatic heterocycles. The number of fused-ring (bicyclic) bond motifs is 2. The van der Waals surface area contributed by atoms with E-state index in [1.165, 1.54) is 11.3 Å². The monoisotopic (exact) mass is 662 g/mol. The molecule has 0 aliphatic carbocycles. The van der Waals surface area contributed by atoms with Gasteiger partial charge in [0, 0.05) is 0 Å². The van der Waals surface area contributed by atoms with Crippen molar-refractivity contribution in [3.8, 4) is 17.2 Å². The molecular weight excluding hydrogens is 625 g/mol. The van der Waals surface area contributed by atoms with Crippen molar-refractivity contribution in [1.82, 2.24) is 4.57 Å². The Kier molecular flexibility index (Phi) is 9.77. The van der Waals surface area contributed by atoms with E-state index in [-0.39, 0.29) is 18.3 Å². The molecule has 0 N–H and O–H groups in total. The Morgan fingerprint density at radius 2 is 1.71 bits per heavy atom. The van der Waals surface area contributed by atoms with Crippen molar-refractivity contribution in [3.05, 3.63) is 133 Å².